The summed E-state index contributed by atoms with van der Waals surface area (Å²) in [6.07, 6.45) is 0. The SMILES string of the molecule is ClCNCCNCCl. The molecule has 0 unspecified atom stereocenters. The van der Waals surface area contributed by atoms with E-state index < -0.39 is 0 Å². The average Bonchev–Trinajstić information content (AvgIpc) is 1.81. The fraction of sp³-hybridized carbons (Fsp3) is 1.00. The van der Waals surface area contributed by atoms with Gasteiger partial charge in [0.15, 0.2) is 0 Å². The maximum atomic E-state index is 5.31. The van der Waals surface area contributed by atoms with Crippen molar-refractivity contribution in [2.75, 3.05) is 25.1 Å². The monoisotopic (exact) mass is 156 g/mol. The van der Waals surface area contributed by atoms with Gasteiger partial charge in [-0.15, -0.1) is 23.2 Å². The Labute approximate surface area is 59.5 Å². The molecule has 4 heteroatoms. The van der Waals surface area contributed by atoms with Crippen molar-refractivity contribution < 1.29 is 0 Å². The predicted molar refractivity (Wildman–Crippen MR) is 37.4 cm³/mol. The minimum atomic E-state index is 0.504. The predicted octanol–water partition coefficient (Wildman–Crippen LogP) is 0.558. The van der Waals surface area contributed by atoms with Crippen LogP contribution in [-0.2, 0) is 0 Å². The zero-order valence-electron chi connectivity index (χ0n) is 4.58. The summed E-state index contributed by atoms with van der Waals surface area (Å²) in [7, 11) is 0. The largest absolute Gasteiger partial charge is 0.303 e. The first kappa shape index (κ1) is 8.50. The lowest BCUT2D eigenvalue weighted by Crippen LogP contribution is -2.25. The van der Waals surface area contributed by atoms with Gasteiger partial charge in [-0.1, -0.05) is 0 Å². The number of halogens is 2. The van der Waals surface area contributed by atoms with Gasteiger partial charge in [0, 0.05) is 13.1 Å². The first-order valence-corrected chi connectivity index (χ1v) is 3.52. The second-order valence-electron chi connectivity index (χ2n) is 1.27. The molecule has 0 aromatic heterocycles. The minimum Gasteiger partial charge on any atom is -0.303 e. The second-order valence-corrected chi connectivity index (χ2v) is 1.80. The molecule has 0 saturated heterocycles. The molecule has 0 saturated carbocycles. The van der Waals surface area contributed by atoms with Gasteiger partial charge < -0.3 is 10.6 Å². The molecule has 2 nitrogen and oxygen atoms in total. The highest BCUT2D eigenvalue weighted by molar-refractivity contribution is 6.17. The van der Waals surface area contributed by atoms with Crippen LogP contribution >= 0.6 is 23.2 Å². The molecule has 0 amide bonds. The normalized spacial score (nSPS) is 9.75. The highest BCUT2D eigenvalue weighted by atomic mass is 35.5. The summed E-state index contributed by atoms with van der Waals surface area (Å²) < 4.78 is 0. The molecule has 0 atom stereocenters. The summed E-state index contributed by atoms with van der Waals surface area (Å²) in [6.45, 7) is 1.74. The fourth-order valence-electron chi connectivity index (χ4n) is 0.310. The van der Waals surface area contributed by atoms with Crippen LogP contribution in [0.5, 0.6) is 0 Å². The highest BCUT2D eigenvalue weighted by Crippen LogP contribution is 1.66. The molecule has 50 valence electrons. The average molecular weight is 157 g/mol. The number of nitrogens with one attached hydrogen (secondary N) is 2. The lowest BCUT2D eigenvalue weighted by Gasteiger charge is -1.98. The lowest BCUT2D eigenvalue weighted by molar-refractivity contribution is 0.694. The molecule has 2 N–H and O–H groups in total. The van der Waals surface area contributed by atoms with Crippen molar-refractivity contribution in [2.45, 2.75) is 0 Å². The highest BCUT2D eigenvalue weighted by Gasteiger charge is 1.80. The van der Waals surface area contributed by atoms with E-state index in [1.54, 1.807) is 0 Å². The van der Waals surface area contributed by atoms with Crippen LogP contribution in [0.2, 0.25) is 0 Å². The van der Waals surface area contributed by atoms with E-state index in [1.165, 1.54) is 0 Å². The Morgan fingerprint density at radius 3 is 1.50 bits per heavy atom. The van der Waals surface area contributed by atoms with Crippen molar-refractivity contribution in [3.8, 4) is 0 Å². The van der Waals surface area contributed by atoms with Gasteiger partial charge in [0.1, 0.15) is 0 Å². The maximum Gasteiger partial charge on any atom is 0.0713 e. The number of hydrogen-bond acceptors (Lipinski definition) is 2. The molecule has 0 aliphatic carbocycles. The Morgan fingerprint density at radius 1 is 0.875 bits per heavy atom. The molecule has 0 spiro atoms. The zero-order valence-corrected chi connectivity index (χ0v) is 6.10. The van der Waals surface area contributed by atoms with Gasteiger partial charge in [-0.25, -0.2) is 0 Å². The summed E-state index contributed by atoms with van der Waals surface area (Å²) in [5.41, 5.74) is 0. The summed E-state index contributed by atoms with van der Waals surface area (Å²) in [6, 6.07) is 1.01. The third-order valence-electron chi connectivity index (χ3n) is 0.668. The molecular formula is C4H10Cl2N2. The Morgan fingerprint density at radius 2 is 1.25 bits per heavy atom. The first-order chi connectivity index (χ1) is 3.91. The van der Waals surface area contributed by atoms with Gasteiger partial charge in [0.05, 0.1) is 12.0 Å². The molecule has 0 fully saturated rings. The molecule has 0 bridgehead atoms. The first-order valence-electron chi connectivity index (χ1n) is 2.45. The van der Waals surface area contributed by atoms with Crippen molar-refractivity contribution in [1.82, 2.24) is 10.6 Å². The van der Waals surface area contributed by atoms with Crippen molar-refractivity contribution in [3.05, 3.63) is 0 Å². The van der Waals surface area contributed by atoms with Gasteiger partial charge in [0.2, 0.25) is 0 Å². The van der Waals surface area contributed by atoms with Gasteiger partial charge in [-0.3, -0.25) is 0 Å². The molecule has 0 aliphatic rings. The van der Waals surface area contributed by atoms with Crippen LogP contribution in [0.3, 0.4) is 0 Å². The van der Waals surface area contributed by atoms with Crippen LogP contribution in [0.1, 0.15) is 0 Å². The number of hydrogen-bond donors (Lipinski definition) is 2. The van der Waals surface area contributed by atoms with Gasteiger partial charge in [0.25, 0.3) is 0 Å². The standard InChI is InChI=1S/C4H10Cl2N2/c5-3-7-1-2-8-4-6/h7-8H,1-4H2. The lowest BCUT2D eigenvalue weighted by atomic mass is 10.6. The van der Waals surface area contributed by atoms with Gasteiger partial charge in [-0.2, -0.15) is 0 Å². The van der Waals surface area contributed by atoms with Crippen LogP contribution < -0.4 is 10.6 Å². The Bertz CT molecular complexity index is 37.0. The third kappa shape index (κ3) is 6.50. The van der Waals surface area contributed by atoms with Crippen molar-refractivity contribution in [1.29, 1.82) is 0 Å². The van der Waals surface area contributed by atoms with E-state index in [4.69, 9.17) is 23.2 Å². The molecule has 8 heavy (non-hydrogen) atoms. The molecule has 0 rings (SSSR count). The molecule has 0 aromatic rings. The smallest absolute Gasteiger partial charge is 0.0713 e. The van der Waals surface area contributed by atoms with E-state index in [9.17, 15) is 0 Å². The minimum absolute atomic E-state index is 0.504. The third-order valence-corrected chi connectivity index (χ3v) is 1.05. The zero-order chi connectivity index (χ0) is 6.24. The number of alkyl halides is 2. The van der Waals surface area contributed by atoms with Crippen molar-refractivity contribution >= 4 is 23.2 Å². The maximum absolute atomic E-state index is 5.31. The quantitative estimate of drug-likeness (QED) is 0.346. The van der Waals surface area contributed by atoms with Crippen LogP contribution in [0, 0.1) is 0 Å². The van der Waals surface area contributed by atoms with Crippen LogP contribution in [-0.4, -0.2) is 25.1 Å². The van der Waals surface area contributed by atoms with Crippen LogP contribution in [0.15, 0.2) is 0 Å². The van der Waals surface area contributed by atoms with Gasteiger partial charge in [-0.05, 0) is 0 Å². The Balaban J connectivity index is 2.53. The van der Waals surface area contributed by atoms with E-state index in [-0.39, 0.29) is 0 Å². The number of rotatable bonds is 5. The Kier molecular flexibility index (Phi) is 7.97. The second kappa shape index (κ2) is 7.50. The summed E-state index contributed by atoms with van der Waals surface area (Å²) in [5.74, 6) is 0. The van der Waals surface area contributed by atoms with Gasteiger partial charge >= 0.3 is 0 Å². The molecular weight excluding hydrogens is 147 g/mol. The Hall–Kier alpha value is 0.500. The van der Waals surface area contributed by atoms with Crippen molar-refractivity contribution in [2.24, 2.45) is 0 Å². The summed E-state index contributed by atoms with van der Waals surface area (Å²) >= 11 is 10.6. The molecule has 0 aromatic carbocycles. The fourth-order valence-corrected chi connectivity index (χ4v) is 0.578. The van der Waals surface area contributed by atoms with Crippen LogP contribution in [0.25, 0.3) is 0 Å². The topological polar surface area (TPSA) is 24.1 Å². The molecule has 0 heterocycles. The summed E-state index contributed by atoms with van der Waals surface area (Å²) in [4.78, 5) is 0. The van der Waals surface area contributed by atoms with E-state index in [0.717, 1.165) is 13.1 Å². The molecule has 0 aliphatic heterocycles. The molecule has 0 radical (unpaired) electrons. The summed E-state index contributed by atoms with van der Waals surface area (Å²) in [5, 5.41) is 5.85. The van der Waals surface area contributed by atoms with E-state index in [0.29, 0.717) is 12.0 Å². The van der Waals surface area contributed by atoms with E-state index in [1.807, 2.05) is 0 Å². The van der Waals surface area contributed by atoms with E-state index >= 15 is 0 Å². The van der Waals surface area contributed by atoms with Crippen LogP contribution in [0.4, 0.5) is 0 Å². The van der Waals surface area contributed by atoms with E-state index in [2.05, 4.69) is 10.6 Å². The van der Waals surface area contributed by atoms with Crippen molar-refractivity contribution in [3.63, 3.8) is 0 Å².